The monoisotopic (exact) mass is 189 g/mol. The second kappa shape index (κ2) is 3.74. The fourth-order valence-electron chi connectivity index (χ4n) is 2.29. The number of hydrogen-bond donors (Lipinski definition) is 1. The number of aryl methyl sites for hydroxylation is 1. The zero-order chi connectivity index (χ0) is 10.1. The van der Waals surface area contributed by atoms with Crippen molar-refractivity contribution >= 4 is 0 Å². The molecule has 1 aliphatic carbocycles. The highest BCUT2D eigenvalue weighted by Gasteiger charge is 2.38. The molecular weight excluding hydrogens is 170 g/mol. The van der Waals surface area contributed by atoms with Gasteiger partial charge in [0.15, 0.2) is 0 Å². The quantitative estimate of drug-likeness (QED) is 0.770. The minimum Gasteiger partial charge on any atom is -0.319 e. The summed E-state index contributed by atoms with van der Waals surface area (Å²) in [5.41, 5.74) is 4.50. The van der Waals surface area contributed by atoms with E-state index >= 15 is 0 Å². The lowest BCUT2D eigenvalue weighted by Crippen LogP contribution is -2.10. The predicted molar refractivity (Wildman–Crippen MR) is 60.7 cm³/mol. The zero-order valence-corrected chi connectivity index (χ0v) is 9.30. The van der Waals surface area contributed by atoms with E-state index in [0.29, 0.717) is 0 Å². The van der Waals surface area contributed by atoms with E-state index in [9.17, 15) is 0 Å². The molecule has 2 rings (SSSR count). The Morgan fingerprint density at radius 2 is 2.14 bits per heavy atom. The summed E-state index contributed by atoms with van der Waals surface area (Å²) in [5, 5.41) is 3.26. The maximum Gasteiger partial charge on any atom is -0.00174 e. The van der Waals surface area contributed by atoms with Crippen LogP contribution >= 0.6 is 0 Å². The lowest BCUT2D eigenvalue weighted by atomic mass is 9.99. The van der Waals surface area contributed by atoms with Crippen molar-refractivity contribution < 1.29 is 0 Å². The van der Waals surface area contributed by atoms with E-state index < -0.39 is 0 Å². The Morgan fingerprint density at radius 3 is 2.86 bits per heavy atom. The van der Waals surface area contributed by atoms with Crippen LogP contribution in [0.1, 0.15) is 29.0 Å². The van der Waals surface area contributed by atoms with Gasteiger partial charge >= 0.3 is 0 Å². The molecule has 1 saturated carbocycles. The molecule has 1 aliphatic rings. The summed E-state index contributed by atoms with van der Waals surface area (Å²) in [4.78, 5) is 0. The topological polar surface area (TPSA) is 12.0 Å². The Bertz CT molecular complexity index is 330. The number of hydrogen-bond acceptors (Lipinski definition) is 1. The summed E-state index contributed by atoms with van der Waals surface area (Å²) >= 11 is 0. The van der Waals surface area contributed by atoms with Crippen LogP contribution < -0.4 is 5.32 Å². The van der Waals surface area contributed by atoms with Crippen molar-refractivity contribution in [3.8, 4) is 0 Å². The molecule has 14 heavy (non-hydrogen) atoms. The van der Waals surface area contributed by atoms with Gasteiger partial charge in [0.1, 0.15) is 0 Å². The summed E-state index contributed by atoms with van der Waals surface area (Å²) < 4.78 is 0. The summed E-state index contributed by atoms with van der Waals surface area (Å²) in [5.74, 6) is 1.70. The van der Waals surface area contributed by atoms with Crippen molar-refractivity contribution in [2.45, 2.75) is 26.2 Å². The lowest BCUT2D eigenvalue weighted by molar-refractivity contribution is 0.697. The Morgan fingerprint density at radius 1 is 1.36 bits per heavy atom. The van der Waals surface area contributed by atoms with E-state index in [-0.39, 0.29) is 0 Å². The van der Waals surface area contributed by atoms with E-state index in [4.69, 9.17) is 0 Å². The fourth-order valence-corrected chi connectivity index (χ4v) is 2.29. The summed E-state index contributed by atoms with van der Waals surface area (Å²) in [6.07, 6.45) is 1.37. The molecule has 1 N–H and O–H groups in total. The molecule has 0 amide bonds. The van der Waals surface area contributed by atoms with Gasteiger partial charge < -0.3 is 5.32 Å². The molecule has 2 unspecified atom stereocenters. The van der Waals surface area contributed by atoms with Crippen LogP contribution in [0.25, 0.3) is 0 Å². The molecule has 0 heterocycles. The lowest BCUT2D eigenvalue weighted by Gasteiger charge is -2.07. The molecule has 0 saturated heterocycles. The van der Waals surface area contributed by atoms with Gasteiger partial charge in [-0.15, -0.1) is 0 Å². The van der Waals surface area contributed by atoms with Crippen LogP contribution in [-0.4, -0.2) is 13.6 Å². The highest BCUT2D eigenvalue weighted by molar-refractivity contribution is 5.38. The minimum atomic E-state index is 0.822. The Balaban J connectivity index is 2.15. The maximum atomic E-state index is 3.26. The standard InChI is InChI=1S/C13H19N/c1-9-5-4-6-12(10(9)2)13-7-11(13)8-14-3/h4-6,11,13-14H,7-8H2,1-3H3. The zero-order valence-electron chi connectivity index (χ0n) is 9.30. The van der Waals surface area contributed by atoms with Crippen LogP contribution in [0.15, 0.2) is 18.2 Å². The molecule has 1 aromatic rings. The SMILES string of the molecule is CNCC1CC1c1cccc(C)c1C. The Kier molecular flexibility index (Phi) is 2.60. The predicted octanol–water partition coefficient (Wildman–Crippen LogP) is 2.63. The van der Waals surface area contributed by atoms with Crippen molar-refractivity contribution in [1.29, 1.82) is 0 Å². The first-order chi connectivity index (χ1) is 6.74. The van der Waals surface area contributed by atoms with Gasteiger partial charge in [-0.25, -0.2) is 0 Å². The van der Waals surface area contributed by atoms with E-state index in [1.54, 1.807) is 5.56 Å². The molecule has 1 heteroatoms. The molecule has 0 aliphatic heterocycles. The van der Waals surface area contributed by atoms with Crippen molar-refractivity contribution in [3.63, 3.8) is 0 Å². The van der Waals surface area contributed by atoms with Gasteiger partial charge in [-0.1, -0.05) is 18.2 Å². The number of rotatable bonds is 3. The molecule has 76 valence electrons. The number of benzene rings is 1. The van der Waals surface area contributed by atoms with Gasteiger partial charge in [0.25, 0.3) is 0 Å². The highest BCUT2D eigenvalue weighted by atomic mass is 14.8. The Hall–Kier alpha value is -0.820. The van der Waals surface area contributed by atoms with Crippen LogP contribution in [0.2, 0.25) is 0 Å². The van der Waals surface area contributed by atoms with Crippen molar-refractivity contribution in [2.24, 2.45) is 5.92 Å². The van der Waals surface area contributed by atoms with Crippen LogP contribution in [0.5, 0.6) is 0 Å². The van der Waals surface area contributed by atoms with Crippen molar-refractivity contribution in [3.05, 3.63) is 34.9 Å². The molecule has 2 atom stereocenters. The van der Waals surface area contributed by atoms with Crippen LogP contribution in [0, 0.1) is 19.8 Å². The Labute approximate surface area is 86.5 Å². The largest absolute Gasteiger partial charge is 0.319 e. The van der Waals surface area contributed by atoms with Crippen LogP contribution in [0.3, 0.4) is 0 Å². The first-order valence-electron chi connectivity index (χ1n) is 5.44. The average molecular weight is 189 g/mol. The smallest absolute Gasteiger partial charge is 0.00174 e. The second-order valence-corrected chi connectivity index (χ2v) is 4.45. The third-order valence-corrected chi connectivity index (χ3v) is 3.43. The highest BCUT2D eigenvalue weighted by Crippen LogP contribution is 2.48. The maximum absolute atomic E-state index is 3.26. The summed E-state index contributed by atoms with van der Waals surface area (Å²) in [6.45, 7) is 5.62. The van der Waals surface area contributed by atoms with Crippen molar-refractivity contribution in [2.75, 3.05) is 13.6 Å². The van der Waals surface area contributed by atoms with Gasteiger partial charge in [-0.2, -0.15) is 0 Å². The van der Waals surface area contributed by atoms with Gasteiger partial charge in [0.2, 0.25) is 0 Å². The molecule has 0 bridgehead atoms. The molecule has 1 nitrogen and oxygen atoms in total. The van der Waals surface area contributed by atoms with E-state index in [0.717, 1.165) is 18.4 Å². The number of nitrogens with one attached hydrogen (secondary N) is 1. The first kappa shape index (κ1) is 9.72. The van der Waals surface area contributed by atoms with Gasteiger partial charge in [-0.05, 0) is 62.4 Å². The summed E-state index contributed by atoms with van der Waals surface area (Å²) in [6, 6.07) is 6.68. The fraction of sp³-hybridized carbons (Fsp3) is 0.538. The average Bonchev–Trinajstić information content (AvgIpc) is 2.90. The second-order valence-electron chi connectivity index (χ2n) is 4.45. The first-order valence-corrected chi connectivity index (χ1v) is 5.44. The normalized spacial score (nSPS) is 25.1. The van der Waals surface area contributed by atoms with Crippen molar-refractivity contribution in [1.82, 2.24) is 5.32 Å². The van der Waals surface area contributed by atoms with E-state index in [1.165, 1.54) is 17.5 Å². The molecule has 0 spiro atoms. The minimum absolute atomic E-state index is 0.822. The molecule has 1 aromatic carbocycles. The van der Waals surface area contributed by atoms with Gasteiger partial charge in [0.05, 0.1) is 0 Å². The molecule has 0 aromatic heterocycles. The van der Waals surface area contributed by atoms with E-state index in [2.05, 4.69) is 37.4 Å². The van der Waals surface area contributed by atoms with Gasteiger partial charge in [-0.3, -0.25) is 0 Å². The van der Waals surface area contributed by atoms with E-state index in [1.807, 2.05) is 7.05 Å². The third kappa shape index (κ3) is 1.69. The third-order valence-electron chi connectivity index (χ3n) is 3.43. The van der Waals surface area contributed by atoms with Crippen LogP contribution in [-0.2, 0) is 0 Å². The molecule has 0 radical (unpaired) electrons. The van der Waals surface area contributed by atoms with Gasteiger partial charge in [0, 0.05) is 0 Å². The molecular formula is C13H19N. The molecule has 1 fully saturated rings. The van der Waals surface area contributed by atoms with Crippen LogP contribution in [0.4, 0.5) is 0 Å². The summed E-state index contributed by atoms with van der Waals surface area (Å²) in [7, 11) is 2.04.